The molecule has 2 aliphatic rings. The highest BCUT2D eigenvalue weighted by Crippen LogP contribution is 2.41. The summed E-state index contributed by atoms with van der Waals surface area (Å²) in [6.45, 7) is 6.10. The van der Waals surface area contributed by atoms with Crippen LogP contribution in [-0.2, 0) is 0 Å². The highest BCUT2D eigenvalue weighted by atomic mass is 79.9. The Morgan fingerprint density at radius 2 is 2.00 bits per heavy atom. The molecule has 2 aromatic rings. The first kappa shape index (κ1) is 14.7. The molecule has 2 heterocycles. The number of nitrogens with one attached hydrogen (secondary N) is 1. The highest BCUT2D eigenvalue weighted by Gasteiger charge is 2.21. The van der Waals surface area contributed by atoms with Gasteiger partial charge >= 0.3 is 0 Å². The van der Waals surface area contributed by atoms with E-state index in [0.29, 0.717) is 0 Å². The Balaban J connectivity index is 1.83. The normalized spacial score (nSPS) is 16.3. The Bertz CT molecular complexity index is 782. The van der Waals surface area contributed by atoms with E-state index in [1.807, 2.05) is 24.4 Å². The van der Waals surface area contributed by atoms with Crippen LogP contribution in [0.1, 0.15) is 11.1 Å². The minimum atomic E-state index is 0.795. The smallest absolute Gasteiger partial charge is 0.153 e. The fraction of sp³-hybridized carbons (Fsp3) is 0.278. The maximum absolute atomic E-state index is 6.23. The molecule has 1 N–H and O–H groups in total. The molecule has 0 bridgehead atoms. The number of piperazine rings is 1. The number of hydrogen-bond donors (Lipinski definition) is 1. The molecule has 1 saturated heterocycles. The maximum atomic E-state index is 6.23. The van der Waals surface area contributed by atoms with Gasteiger partial charge < -0.3 is 15.0 Å². The second kappa shape index (κ2) is 5.98. The molecule has 0 radical (unpaired) electrons. The van der Waals surface area contributed by atoms with E-state index in [-0.39, 0.29) is 0 Å². The third-order valence-corrected chi connectivity index (χ3v) is 4.79. The molecule has 0 aromatic heterocycles. The zero-order valence-corrected chi connectivity index (χ0v) is 14.6. The molecule has 0 atom stereocenters. The number of halogens is 1. The second-order valence-electron chi connectivity index (χ2n) is 5.85. The minimum Gasteiger partial charge on any atom is -0.454 e. The molecule has 0 amide bonds. The summed E-state index contributed by atoms with van der Waals surface area (Å²) in [5.74, 6) is 1.70. The average Bonchev–Trinajstić information content (AvgIpc) is 2.76. The van der Waals surface area contributed by atoms with Gasteiger partial charge in [-0.25, -0.2) is 0 Å². The van der Waals surface area contributed by atoms with Crippen molar-refractivity contribution in [2.24, 2.45) is 4.99 Å². The molecule has 0 saturated carbocycles. The summed E-state index contributed by atoms with van der Waals surface area (Å²) in [7, 11) is 0. The van der Waals surface area contributed by atoms with Crippen molar-refractivity contribution in [3.05, 3.63) is 45.9 Å². The summed E-state index contributed by atoms with van der Waals surface area (Å²) >= 11 is 3.50. The van der Waals surface area contributed by atoms with Gasteiger partial charge in [-0.1, -0.05) is 22.0 Å². The van der Waals surface area contributed by atoms with E-state index < -0.39 is 0 Å². The first-order valence-electron chi connectivity index (χ1n) is 7.83. The predicted molar refractivity (Wildman–Crippen MR) is 97.7 cm³/mol. The third kappa shape index (κ3) is 2.75. The van der Waals surface area contributed by atoms with Crippen molar-refractivity contribution in [2.45, 2.75) is 6.92 Å². The van der Waals surface area contributed by atoms with E-state index in [2.05, 4.69) is 50.2 Å². The number of fused-ring (bicyclic) bond motifs is 2. The Kier molecular flexibility index (Phi) is 3.83. The van der Waals surface area contributed by atoms with Crippen LogP contribution >= 0.6 is 15.9 Å². The topological polar surface area (TPSA) is 36.9 Å². The van der Waals surface area contributed by atoms with Crippen LogP contribution < -0.4 is 15.0 Å². The Labute approximate surface area is 144 Å². The average molecular weight is 372 g/mol. The van der Waals surface area contributed by atoms with Crippen LogP contribution in [0.15, 0.2) is 39.8 Å². The molecular formula is C18H18BrN3O. The van der Waals surface area contributed by atoms with E-state index in [1.54, 1.807) is 0 Å². The first-order chi connectivity index (χ1) is 11.2. The Morgan fingerprint density at radius 1 is 1.17 bits per heavy atom. The summed E-state index contributed by atoms with van der Waals surface area (Å²) in [5.41, 5.74) is 4.24. The molecule has 1 fully saturated rings. The van der Waals surface area contributed by atoms with Crippen molar-refractivity contribution >= 4 is 33.5 Å². The number of benzene rings is 2. The van der Waals surface area contributed by atoms with Crippen molar-refractivity contribution in [3.8, 4) is 11.5 Å². The summed E-state index contributed by atoms with van der Waals surface area (Å²) in [4.78, 5) is 7.06. The highest BCUT2D eigenvalue weighted by molar-refractivity contribution is 9.10. The lowest BCUT2D eigenvalue weighted by molar-refractivity contribution is 0.480. The summed E-state index contributed by atoms with van der Waals surface area (Å²) in [6.07, 6.45) is 1.94. The number of anilines is 1. The van der Waals surface area contributed by atoms with E-state index >= 15 is 0 Å². The molecular weight excluding hydrogens is 354 g/mol. The van der Waals surface area contributed by atoms with E-state index in [9.17, 15) is 0 Å². The van der Waals surface area contributed by atoms with Gasteiger partial charge in [-0.2, -0.15) is 0 Å². The first-order valence-corrected chi connectivity index (χ1v) is 8.62. The molecule has 5 heteroatoms. The summed E-state index contributed by atoms with van der Waals surface area (Å²) in [6, 6.07) is 10.2. The maximum Gasteiger partial charge on any atom is 0.153 e. The molecule has 2 aliphatic heterocycles. The van der Waals surface area contributed by atoms with Crippen LogP contribution in [0, 0.1) is 6.92 Å². The van der Waals surface area contributed by atoms with Gasteiger partial charge in [-0.15, -0.1) is 0 Å². The Hall–Kier alpha value is -1.85. The van der Waals surface area contributed by atoms with Crippen molar-refractivity contribution in [1.82, 2.24) is 5.32 Å². The second-order valence-corrected chi connectivity index (χ2v) is 6.77. The lowest BCUT2D eigenvalue weighted by Gasteiger charge is -2.31. The van der Waals surface area contributed by atoms with Gasteiger partial charge in [-0.05, 0) is 36.8 Å². The number of nitrogens with zero attached hydrogens (tertiary/aromatic N) is 2. The van der Waals surface area contributed by atoms with Gasteiger partial charge in [0.1, 0.15) is 11.4 Å². The van der Waals surface area contributed by atoms with Gasteiger partial charge in [0.25, 0.3) is 0 Å². The number of hydrogen-bond acceptors (Lipinski definition) is 4. The third-order valence-electron chi connectivity index (χ3n) is 4.29. The number of aryl methyl sites for hydroxylation is 1. The van der Waals surface area contributed by atoms with Gasteiger partial charge in [0.15, 0.2) is 5.75 Å². The van der Waals surface area contributed by atoms with Gasteiger partial charge in [-0.3, -0.25) is 4.99 Å². The molecule has 0 unspecified atom stereocenters. The van der Waals surface area contributed by atoms with Crippen LogP contribution in [0.25, 0.3) is 0 Å². The zero-order valence-electron chi connectivity index (χ0n) is 13.0. The number of ether oxygens (including phenoxy) is 1. The van der Waals surface area contributed by atoms with Crippen LogP contribution in [0.5, 0.6) is 11.5 Å². The SMILES string of the molecule is Cc1ccc(N2CCNCC2)c2c1Oc1ccc(Br)cc1N=C2. The minimum absolute atomic E-state index is 0.795. The van der Waals surface area contributed by atoms with Gasteiger partial charge in [0.2, 0.25) is 0 Å². The monoisotopic (exact) mass is 371 g/mol. The fourth-order valence-corrected chi connectivity index (χ4v) is 3.41. The zero-order chi connectivity index (χ0) is 15.8. The van der Waals surface area contributed by atoms with Gasteiger partial charge in [0, 0.05) is 42.6 Å². The standard InChI is InChI=1S/C18H18BrN3O/c1-12-2-4-16(22-8-6-20-7-9-22)14-11-21-15-10-13(19)3-5-17(15)23-18(12)14/h2-5,10-11,20H,6-9H2,1H3. The van der Waals surface area contributed by atoms with Crippen LogP contribution in [-0.4, -0.2) is 32.4 Å². The van der Waals surface area contributed by atoms with E-state index in [4.69, 9.17) is 4.74 Å². The molecule has 0 spiro atoms. The molecule has 4 nitrogen and oxygen atoms in total. The molecule has 2 aromatic carbocycles. The van der Waals surface area contributed by atoms with Crippen molar-refractivity contribution in [3.63, 3.8) is 0 Å². The lowest BCUT2D eigenvalue weighted by atomic mass is 10.1. The largest absolute Gasteiger partial charge is 0.454 e. The summed E-state index contributed by atoms with van der Waals surface area (Å²) < 4.78 is 7.23. The Morgan fingerprint density at radius 3 is 2.83 bits per heavy atom. The number of aliphatic imine (C=N–C) groups is 1. The molecule has 23 heavy (non-hydrogen) atoms. The van der Waals surface area contributed by atoms with E-state index in [0.717, 1.165) is 59.0 Å². The van der Waals surface area contributed by atoms with Crippen molar-refractivity contribution in [2.75, 3.05) is 31.1 Å². The van der Waals surface area contributed by atoms with Crippen molar-refractivity contribution in [1.29, 1.82) is 0 Å². The molecule has 118 valence electrons. The quantitative estimate of drug-likeness (QED) is 0.701. The molecule has 0 aliphatic carbocycles. The van der Waals surface area contributed by atoms with Crippen LogP contribution in [0.2, 0.25) is 0 Å². The van der Waals surface area contributed by atoms with Crippen LogP contribution in [0.3, 0.4) is 0 Å². The summed E-state index contributed by atoms with van der Waals surface area (Å²) in [5, 5.41) is 3.40. The molecule has 4 rings (SSSR count). The van der Waals surface area contributed by atoms with Gasteiger partial charge in [0.05, 0.1) is 5.56 Å². The predicted octanol–water partition coefficient (Wildman–Crippen LogP) is 4.02. The lowest BCUT2D eigenvalue weighted by Crippen LogP contribution is -2.43. The van der Waals surface area contributed by atoms with Crippen molar-refractivity contribution < 1.29 is 4.74 Å². The van der Waals surface area contributed by atoms with E-state index in [1.165, 1.54) is 5.69 Å². The number of rotatable bonds is 1. The van der Waals surface area contributed by atoms with Crippen LogP contribution in [0.4, 0.5) is 11.4 Å². The fourth-order valence-electron chi connectivity index (χ4n) is 3.06.